The van der Waals surface area contributed by atoms with Gasteiger partial charge in [0.15, 0.2) is 12.0 Å². The normalized spacial score (nSPS) is 12.7. The number of rotatable bonds is 4. The average Bonchev–Trinajstić information content (AvgIpc) is 2.95. The summed E-state index contributed by atoms with van der Waals surface area (Å²) in [5.41, 5.74) is 11.3. The number of fused-ring (bicyclic) bond motifs is 1. The Balaban J connectivity index is 1.79. The number of oxazole rings is 1. The minimum Gasteiger partial charge on any atom is -0.443 e. The third-order valence-corrected chi connectivity index (χ3v) is 3.71. The van der Waals surface area contributed by atoms with Crippen molar-refractivity contribution < 1.29 is 4.42 Å². The highest BCUT2D eigenvalue weighted by Gasteiger charge is 2.04. The highest BCUT2D eigenvalue weighted by molar-refractivity contribution is 5.72. The maximum absolute atomic E-state index is 5.69. The van der Waals surface area contributed by atoms with Gasteiger partial charge in [0.2, 0.25) is 0 Å². The van der Waals surface area contributed by atoms with Crippen LogP contribution in [0.4, 0.5) is 0 Å². The van der Waals surface area contributed by atoms with Gasteiger partial charge in [0.25, 0.3) is 0 Å². The summed E-state index contributed by atoms with van der Waals surface area (Å²) < 4.78 is 5.34. The molecule has 0 saturated carbocycles. The van der Waals surface area contributed by atoms with Gasteiger partial charge in [-0.3, -0.25) is 0 Å². The third kappa shape index (κ3) is 2.58. The van der Waals surface area contributed by atoms with Crippen molar-refractivity contribution in [1.29, 1.82) is 0 Å². The van der Waals surface area contributed by atoms with Gasteiger partial charge in [-0.05, 0) is 47.7 Å². The molecule has 0 spiro atoms. The molecule has 3 nitrogen and oxygen atoms in total. The van der Waals surface area contributed by atoms with Gasteiger partial charge in [-0.25, -0.2) is 4.98 Å². The van der Waals surface area contributed by atoms with Crippen LogP contribution in [0.25, 0.3) is 11.1 Å². The van der Waals surface area contributed by atoms with Crippen molar-refractivity contribution >= 4 is 11.1 Å². The molecule has 0 bridgehead atoms. The Hall–Kier alpha value is -2.13. The van der Waals surface area contributed by atoms with Crippen molar-refractivity contribution in [2.75, 3.05) is 6.54 Å². The molecular formula is C17H18N2O. The van der Waals surface area contributed by atoms with E-state index in [0.29, 0.717) is 12.5 Å². The van der Waals surface area contributed by atoms with Crippen LogP contribution in [0, 0.1) is 0 Å². The second-order valence-electron chi connectivity index (χ2n) is 5.21. The summed E-state index contributed by atoms with van der Waals surface area (Å²) in [6.45, 7) is 2.83. The molecule has 2 aromatic carbocycles. The molecule has 20 heavy (non-hydrogen) atoms. The zero-order valence-corrected chi connectivity index (χ0v) is 11.5. The minimum atomic E-state index is 0.412. The van der Waals surface area contributed by atoms with Crippen LogP contribution in [-0.2, 0) is 6.42 Å². The summed E-state index contributed by atoms with van der Waals surface area (Å²) in [7, 11) is 0. The smallest absolute Gasteiger partial charge is 0.181 e. The Morgan fingerprint density at radius 3 is 2.60 bits per heavy atom. The quantitative estimate of drug-likeness (QED) is 0.786. The standard InChI is InChI=1S/C17H18N2O/c1-12(10-18)15-5-2-13(3-6-15)8-14-4-7-16-17(9-14)20-11-19-16/h2-7,9,11-12H,8,10,18H2,1H3. The first-order valence-electron chi connectivity index (χ1n) is 6.87. The Labute approximate surface area is 118 Å². The second kappa shape index (κ2) is 5.47. The first kappa shape index (κ1) is 12.9. The van der Waals surface area contributed by atoms with Gasteiger partial charge in [-0.2, -0.15) is 0 Å². The van der Waals surface area contributed by atoms with Crippen LogP contribution in [0.3, 0.4) is 0 Å². The molecule has 0 amide bonds. The van der Waals surface area contributed by atoms with E-state index >= 15 is 0 Å². The number of aromatic nitrogens is 1. The molecule has 0 aliphatic carbocycles. The van der Waals surface area contributed by atoms with Gasteiger partial charge in [0.1, 0.15) is 5.52 Å². The zero-order valence-electron chi connectivity index (χ0n) is 11.5. The summed E-state index contributed by atoms with van der Waals surface area (Å²) in [5.74, 6) is 0.412. The highest BCUT2D eigenvalue weighted by Crippen LogP contribution is 2.19. The van der Waals surface area contributed by atoms with E-state index in [1.807, 2.05) is 6.07 Å². The lowest BCUT2D eigenvalue weighted by Gasteiger charge is -2.09. The van der Waals surface area contributed by atoms with Gasteiger partial charge in [-0.1, -0.05) is 37.3 Å². The largest absolute Gasteiger partial charge is 0.443 e. The fourth-order valence-electron chi connectivity index (χ4n) is 2.35. The SMILES string of the molecule is CC(CN)c1ccc(Cc2ccc3ncoc3c2)cc1. The monoisotopic (exact) mass is 266 g/mol. The lowest BCUT2D eigenvalue weighted by atomic mass is 9.98. The van der Waals surface area contributed by atoms with Crippen molar-refractivity contribution in [2.24, 2.45) is 5.73 Å². The predicted octanol–water partition coefficient (Wildman–Crippen LogP) is 3.48. The molecule has 1 unspecified atom stereocenters. The lowest BCUT2D eigenvalue weighted by molar-refractivity contribution is 0.602. The summed E-state index contributed by atoms with van der Waals surface area (Å²) in [6, 6.07) is 14.8. The Bertz CT molecular complexity index is 700. The molecule has 0 radical (unpaired) electrons. The highest BCUT2D eigenvalue weighted by atomic mass is 16.3. The van der Waals surface area contributed by atoms with E-state index in [2.05, 4.69) is 48.3 Å². The van der Waals surface area contributed by atoms with Gasteiger partial charge in [0, 0.05) is 0 Å². The molecule has 0 aliphatic heterocycles. The molecule has 0 saturated heterocycles. The Kier molecular flexibility index (Phi) is 3.52. The molecule has 102 valence electrons. The Morgan fingerprint density at radius 2 is 1.85 bits per heavy atom. The molecule has 3 rings (SSSR count). The van der Waals surface area contributed by atoms with Gasteiger partial charge in [0.05, 0.1) is 0 Å². The first-order valence-corrected chi connectivity index (χ1v) is 6.87. The van der Waals surface area contributed by atoms with Crippen molar-refractivity contribution in [3.63, 3.8) is 0 Å². The number of nitrogens with two attached hydrogens (primary N) is 1. The molecule has 2 N–H and O–H groups in total. The van der Waals surface area contributed by atoms with Gasteiger partial charge >= 0.3 is 0 Å². The fourth-order valence-corrected chi connectivity index (χ4v) is 2.35. The maximum Gasteiger partial charge on any atom is 0.181 e. The maximum atomic E-state index is 5.69. The van der Waals surface area contributed by atoms with E-state index in [1.54, 1.807) is 0 Å². The number of nitrogens with zero attached hydrogens (tertiary/aromatic N) is 1. The van der Waals surface area contributed by atoms with E-state index in [0.717, 1.165) is 17.5 Å². The summed E-state index contributed by atoms with van der Waals surface area (Å²) >= 11 is 0. The van der Waals surface area contributed by atoms with Gasteiger partial charge in [-0.15, -0.1) is 0 Å². The average molecular weight is 266 g/mol. The third-order valence-electron chi connectivity index (χ3n) is 3.71. The van der Waals surface area contributed by atoms with Crippen LogP contribution < -0.4 is 5.73 Å². The van der Waals surface area contributed by atoms with Crippen LogP contribution >= 0.6 is 0 Å². The van der Waals surface area contributed by atoms with Crippen molar-refractivity contribution in [3.05, 3.63) is 65.5 Å². The van der Waals surface area contributed by atoms with Crippen LogP contribution in [0.15, 0.2) is 53.3 Å². The number of hydrogen-bond acceptors (Lipinski definition) is 3. The molecule has 3 heteroatoms. The van der Waals surface area contributed by atoms with Crippen LogP contribution in [0.2, 0.25) is 0 Å². The number of hydrogen-bond donors (Lipinski definition) is 1. The Morgan fingerprint density at radius 1 is 1.10 bits per heavy atom. The zero-order chi connectivity index (χ0) is 13.9. The number of benzene rings is 2. The van der Waals surface area contributed by atoms with E-state index in [4.69, 9.17) is 10.2 Å². The van der Waals surface area contributed by atoms with Gasteiger partial charge < -0.3 is 10.2 Å². The molecule has 1 heterocycles. The van der Waals surface area contributed by atoms with E-state index in [1.165, 1.54) is 23.1 Å². The minimum absolute atomic E-state index is 0.412. The summed E-state index contributed by atoms with van der Waals surface area (Å²) in [5, 5.41) is 0. The van der Waals surface area contributed by atoms with Crippen LogP contribution in [0.1, 0.15) is 29.5 Å². The second-order valence-corrected chi connectivity index (χ2v) is 5.21. The summed E-state index contributed by atoms with van der Waals surface area (Å²) in [6.07, 6.45) is 2.38. The molecule has 0 fully saturated rings. The molecule has 3 aromatic rings. The molecular weight excluding hydrogens is 248 g/mol. The molecule has 1 atom stereocenters. The van der Waals surface area contributed by atoms with Crippen molar-refractivity contribution in [2.45, 2.75) is 19.3 Å². The van der Waals surface area contributed by atoms with E-state index in [9.17, 15) is 0 Å². The van der Waals surface area contributed by atoms with Crippen molar-refractivity contribution in [1.82, 2.24) is 4.98 Å². The van der Waals surface area contributed by atoms with E-state index < -0.39 is 0 Å². The van der Waals surface area contributed by atoms with E-state index in [-0.39, 0.29) is 0 Å². The first-order chi connectivity index (χ1) is 9.76. The van der Waals surface area contributed by atoms with Crippen LogP contribution in [0.5, 0.6) is 0 Å². The van der Waals surface area contributed by atoms with Crippen molar-refractivity contribution in [3.8, 4) is 0 Å². The summed E-state index contributed by atoms with van der Waals surface area (Å²) in [4.78, 5) is 4.13. The predicted molar refractivity (Wildman–Crippen MR) is 80.7 cm³/mol. The fraction of sp³-hybridized carbons (Fsp3) is 0.235. The topological polar surface area (TPSA) is 52.0 Å². The van der Waals surface area contributed by atoms with Crippen LogP contribution in [-0.4, -0.2) is 11.5 Å². The molecule has 0 aliphatic rings. The lowest BCUT2D eigenvalue weighted by Crippen LogP contribution is -2.08. The molecule has 1 aromatic heterocycles.